The third-order valence-electron chi connectivity index (χ3n) is 10.6. The molecule has 1 unspecified atom stereocenters. The van der Waals surface area contributed by atoms with E-state index in [-0.39, 0.29) is 37.1 Å². The number of aryl methyl sites for hydroxylation is 1. The maximum atomic E-state index is 12.4. The summed E-state index contributed by atoms with van der Waals surface area (Å²) < 4.78 is 68.4. The Labute approximate surface area is 317 Å². The summed E-state index contributed by atoms with van der Waals surface area (Å²) in [6, 6.07) is 10.8. The van der Waals surface area contributed by atoms with Crippen LogP contribution in [0.2, 0.25) is 0 Å². The van der Waals surface area contributed by atoms with E-state index in [0.717, 1.165) is 54.9 Å². The van der Waals surface area contributed by atoms with Crippen LogP contribution in [0.3, 0.4) is 0 Å². The van der Waals surface area contributed by atoms with Crippen LogP contribution in [0.1, 0.15) is 102 Å². The van der Waals surface area contributed by atoms with Gasteiger partial charge in [-0.3, -0.25) is 18.7 Å². The monoisotopic (exact) mass is 784 g/mol. The van der Waals surface area contributed by atoms with Gasteiger partial charge in [-0.15, -0.1) is 5.06 Å². The number of unbranched alkanes of at least 4 members (excludes halogenated alkanes) is 2. The Hall–Kier alpha value is -4.18. The van der Waals surface area contributed by atoms with Crippen LogP contribution in [0.5, 0.6) is 0 Å². The predicted octanol–water partition coefficient (Wildman–Crippen LogP) is 6.08. The van der Waals surface area contributed by atoms with Crippen molar-refractivity contribution in [2.24, 2.45) is 0 Å². The minimum atomic E-state index is -4.48. The fourth-order valence-electron chi connectivity index (χ4n) is 7.82. The van der Waals surface area contributed by atoms with Crippen LogP contribution >= 0.6 is 0 Å². The van der Waals surface area contributed by atoms with Gasteiger partial charge in [0.05, 0.1) is 16.1 Å². The molecule has 0 aromatic heterocycles. The molecule has 292 valence electrons. The second-order valence-electron chi connectivity index (χ2n) is 15.0. The quantitative estimate of drug-likeness (QED) is 0.0872. The molecule has 2 aromatic carbocycles. The zero-order chi connectivity index (χ0) is 39.6. The average Bonchev–Trinajstić information content (AvgIpc) is 3.60. The number of hydroxylamine groups is 2. The summed E-state index contributed by atoms with van der Waals surface area (Å²) >= 11 is 0. The van der Waals surface area contributed by atoms with E-state index in [9.17, 15) is 40.3 Å². The van der Waals surface area contributed by atoms with E-state index in [2.05, 4.69) is 49.9 Å². The van der Waals surface area contributed by atoms with Gasteiger partial charge in [0, 0.05) is 66.7 Å². The van der Waals surface area contributed by atoms with Crippen molar-refractivity contribution in [3.63, 3.8) is 0 Å². The number of carbonyl (C=O) groups excluding carboxylic acids is 3. The van der Waals surface area contributed by atoms with Crippen molar-refractivity contribution >= 4 is 55.1 Å². The van der Waals surface area contributed by atoms with Crippen LogP contribution in [-0.2, 0) is 50.3 Å². The zero-order valence-electron chi connectivity index (χ0n) is 31.5. The lowest BCUT2D eigenvalue weighted by Gasteiger charge is -2.30. The summed E-state index contributed by atoms with van der Waals surface area (Å²) in [7, 11) is -8.68. The lowest BCUT2D eigenvalue weighted by atomic mass is 9.76. The van der Waals surface area contributed by atoms with Gasteiger partial charge in [-0.25, -0.2) is 4.79 Å². The summed E-state index contributed by atoms with van der Waals surface area (Å²) in [5.74, 6) is -2.05. The van der Waals surface area contributed by atoms with E-state index in [1.54, 1.807) is 6.07 Å². The molecule has 1 fully saturated rings. The Kier molecular flexibility index (Phi) is 12.1. The highest BCUT2D eigenvalue weighted by Crippen LogP contribution is 2.51. The van der Waals surface area contributed by atoms with Crippen molar-refractivity contribution in [2.75, 3.05) is 23.7 Å². The lowest BCUT2D eigenvalue weighted by molar-refractivity contribution is -0.437. The number of imide groups is 1. The van der Waals surface area contributed by atoms with Crippen molar-refractivity contribution in [1.29, 1.82) is 0 Å². The van der Waals surface area contributed by atoms with Gasteiger partial charge in [-0.2, -0.15) is 21.4 Å². The molecule has 0 aliphatic carbocycles. The van der Waals surface area contributed by atoms with Gasteiger partial charge in [0.25, 0.3) is 32.1 Å². The van der Waals surface area contributed by atoms with Crippen LogP contribution in [0.15, 0.2) is 65.2 Å². The van der Waals surface area contributed by atoms with Crippen molar-refractivity contribution in [1.82, 2.24) is 5.06 Å². The minimum Gasteiger partial charge on any atom is -0.344 e. The van der Waals surface area contributed by atoms with Crippen molar-refractivity contribution < 1.29 is 49.7 Å². The maximum Gasteiger partial charge on any atom is 0.333 e. The summed E-state index contributed by atoms with van der Waals surface area (Å²) in [5.41, 5.74) is 5.54. The number of allylic oxidation sites excluding steroid dienone is 4. The molecule has 0 saturated carbocycles. The fourth-order valence-corrected chi connectivity index (χ4v) is 8.82. The molecule has 1 atom stereocenters. The second-order valence-corrected chi connectivity index (χ2v) is 18.0. The van der Waals surface area contributed by atoms with Crippen LogP contribution in [-0.4, -0.2) is 77.9 Å². The number of rotatable bonds is 16. The van der Waals surface area contributed by atoms with Gasteiger partial charge in [-0.05, 0) is 76.8 Å². The molecule has 3 aliphatic heterocycles. The van der Waals surface area contributed by atoms with E-state index >= 15 is 0 Å². The SMILES string of the molecule is CCCN1C(=CC=CC2=[N+](CCCS(=O)(=O)O)c3ccc(S(=O)(=O)O)cc3C2(C)C)C(C)(CCCCCC(=O)ON2C(=O)CCC2=O)c2cc(C)ccc21. The first-order chi connectivity index (χ1) is 25.3. The van der Waals surface area contributed by atoms with Crippen LogP contribution in [0.25, 0.3) is 0 Å². The van der Waals surface area contributed by atoms with Crippen LogP contribution in [0.4, 0.5) is 11.4 Å². The Morgan fingerprint density at radius 1 is 0.944 bits per heavy atom. The van der Waals surface area contributed by atoms with Gasteiger partial charge in [0.1, 0.15) is 6.54 Å². The zero-order valence-corrected chi connectivity index (χ0v) is 33.1. The molecule has 2 N–H and O–H groups in total. The number of benzene rings is 2. The normalized spacial score (nSPS) is 20.5. The highest BCUT2D eigenvalue weighted by Gasteiger charge is 2.46. The van der Waals surface area contributed by atoms with Gasteiger partial charge in [0.15, 0.2) is 5.71 Å². The Balaban J connectivity index is 1.44. The molecule has 54 heavy (non-hydrogen) atoms. The van der Waals surface area contributed by atoms with Crippen LogP contribution in [0, 0.1) is 6.92 Å². The summed E-state index contributed by atoms with van der Waals surface area (Å²) in [6.45, 7) is 11.3. The number of hydrogen-bond acceptors (Lipinski definition) is 9. The molecular formula is C39H50N3O10S2+. The molecule has 3 aliphatic rings. The van der Waals surface area contributed by atoms with Crippen LogP contribution < -0.4 is 4.90 Å². The summed E-state index contributed by atoms with van der Waals surface area (Å²) in [6.07, 6.45) is 10.0. The molecule has 1 saturated heterocycles. The molecule has 0 bridgehead atoms. The number of nitrogens with zero attached hydrogens (tertiary/aromatic N) is 3. The maximum absolute atomic E-state index is 12.4. The van der Waals surface area contributed by atoms with Gasteiger partial charge < -0.3 is 9.74 Å². The van der Waals surface area contributed by atoms with Gasteiger partial charge >= 0.3 is 5.97 Å². The van der Waals surface area contributed by atoms with Gasteiger partial charge in [-0.1, -0.05) is 43.5 Å². The predicted molar refractivity (Wildman–Crippen MR) is 204 cm³/mol. The van der Waals surface area contributed by atoms with Crippen molar-refractivity contribution in [3.8, 4) is 0 Å². The molecule has 5 rings (SSSR count). The highest BCUT2D eigenvalue weighted by atomic mass is 32.2. The smallest absolute Gasteiger partial charge is 0.333 e. The largest absolute Gasteiger partial charge is 0.344 e. The summed E-state index contributed by atoms with van der Waals surface area (Å²) in [5, 5.41) is 0.577. The fraction of sp³-hybridized carbons (Fsp3) is 0.487. The molecule has 2 amide bonds. The Morgan fingerprint density at radius 3 is 2.30 bits per heavy atom. The van der Waals surface area contributed by atoms with E-state index in [1.165, 1.54) is 17.7 Å². The summed E-state index contributed by atoms with van der Waals surface area (Å²) in [4.78, 5) is 43.2. The number of fused-ring (bicyclic) bond motifs is 2. The first-order valence-corrected chi connectivity index (χ1v) is 21.4. The van der Waals surface area contributed by atoms with E-state index in [0.29, 0.717) is 22.7 Å². The number of anilines is 1. The molecule has 0 radical (unpaired) electrons. The average molecular weight is 785 g/mol. The van der Waals surface area contributed by atoms with Crippen molar-refractivity contribution in [3.05, 3.63) is 77.0 Å². The van der Waals surface area contributed by atoms with Gasteiger partial charge in [0.2, 0.25) is 5.69 Å². The number of carbonyl (C=O) groups is 3. The first kappa shape index (κ1) is 41.0. The second kappa shape index (κ2) is 15.9. The lowest BCUT2D eigenvalue weighted by Crippen LogP contribution is -2.32. The number of hydrogen-bond donors (Lipinski definition) is 2. The Morgan fingerprint density at radius 2 is 1.65 bits per heavy atom. The topological polar surface area (TPSA) is 179 Å². The standard InChI is InChI=1S/C39H49N3O10S2/c1-6-22-40-32-17-15-27(2)25-30(32)39(5,21-9-7-8-14-37(45)52-42-35(43)19-20-36(42)44)34(40)13-10-12-33-38(3,4)29-26-28(54(49,50)51)16-18-31(29)41(33)23-11-24-53(46,47)48/h10,12-13,15-18,25-26H,6-9,11,14,19-24H2,1-5H3,(H-,46,47,48,49,50,51)/p+1. The highest BCUT2D eigenvalue weighted by molar-refractivity contribution is 7.86. The van der Waals surface area contributed by atoms with Crippen molar-refractivity contribution in [2.45, 2.75) is 108 Å². The third-order valence-corrected chi connectivity index (χ3v) is 12.2. The molecule has 0 spiro atoms. The first-order valence-electron chi connectivity index (χ1n) is 18.3. The minimum absolute atomic E-state index is 0.0453. The molecule has 13 nitrogen and oxygen atoms in total. The van der Waals surface area contributed by atoms with E-state index in [1.807, 2.05) is 30.6 Å². The van der Waals surface area contributed by atoms with E-state index in [4.69, 9.17) is 4.84 Å². The molecule has 15 heteroatoms. The molecule has 2 aromatic rings. The van der Waals surface area contributed by atoms with E-state index < -0.39 is 54.6 Å². The Bertz CT molecular complexity index is 2140. The third kappa shape index (κ3) is 8.69. The molecule has 3 heterocycles. The molecular weight excluding hydrogens is 735 g/mol. The number of amides is 2.